The van der Waals surface area contributed by atoms with Gasteiger partial charge in [-0.2, -0.15) is 0 Å². The Labute approximate surface area is 167 Å². The molecule has 0 aliphatic heterocycles. The van der Waals surface area contributed by atoms with Crippen molar-refractivity contribution in [2.24, 2.45) is 0 Å². The molecular formula is C17H13ClN4O3S2. The summed E-state index contributed by atoms with van der Waals surface area (Å²) in [5.74, 6) is 2.06. The third-order valence-corrected chi connectivity index (χ3v) is 5.45. The van der Waals surface area contributed by atoms with Crippen molar-refractivity contribution in [2.75, 3.05) is 0 Å². The molecule has 0 bridgehead atoms. The second-order valence-corrected chi connectivity index (χ2v) is 8.06. The highest BCUT2D eigenvalue weighted by Gasteiger charge is 2.20. The van der Waals surface area contributed by atoms with Crippen LogP contribution in [-0.2, 0) is 6.61 Å². The van der Waals surface area contributed by atoms with E-state index in [1.165, 1.54) is 11.8 Å². The van der Waals surface area contributed by atoms with Crippen LogP contribution in [0.4, 0.5) is 0 Å². The van der Waals surface area contributed by atoms with Crippen LogP contribution in [0.3, 0.4) is 0 Å². The lowest BCUT2D eigenvalue weighted by molar-refractivity contribution is 0.252. The van der Waals surface area contributed by atoms with Crippen molar-refractivity contribution >= 4 is 34.7 Å². The fourth-order valence-corrected chi connectivity index (χ4v) is 3.62. The standard InChI is InChI=1S/C17H13ClN4O3S2/c1-10(15-20-21-16(25-15)13-3-2-8-26-13)27-17-22-19-14(24-17)9-23-12-6-4-11(18)5-7-12/h2-8,10H,9H2,1H3/t10-/m0/s1. The van der Waals surface area contributed by atoms with E-state index in [1.54, 1.807) is 35.6 Å². The zero-order valence-corrected chi connectivity index (χ0v) is 16.4. The Morgan fingerprint density at radius 2 is 1.96 bits per heavy atom. The van der Waals surface area contributed by atoms with Crippen LogP contribution in [0.15, 0.2) is 55.8 Å². The van der Waals surface area contributed by atoms with E-state index in [4.69, 9.17) is 25.2 Å². The lowest BCUT2D eigenvalue weighted by atomic mass is 10.3. The van der Waals surface area contributed by atoms with E-state index in [0.29, 0.717) is 33.7 Å². The van der Waals surface area contributed by atoms with Crippen LogP contribution in [-0.4, -0.2) is 20.4 Å². The molecule has 0 amide bonds. The Morgan fingerprint density at radius 3 is 2.74 bits per heavy atom. The van der Waals surface area contributed by atoms with Crippen molar-refractivity contribution in [3.63, 3.8) is 0 Å². The van der Waals surface area contributed by atoms with E-state index in [9.17, 15) is 0 Å². The summed E-state index contributed by atoms with van der Waals surface area (Å²) in [5.41, 5.74) is 0. The van der Waals surface area contributed by atoms with Crippen LogP contribution >= 0.6 is 34.7 Å². The van der Waals surface area contributed by atoms with Gasteiger partial charge < -0.3 is 13.6 Å². The van der Waals surface area contributed by atoms with Gasteiger partial charge in [-0.1, -0.05) is 29.4 Å². The molecule has 0 spiro atoms. The normalized spacial score (nSPS) is 12.2. The van der Waals surface area contributed by atoms with Crippen LogP contribution in [0.5, 0.6) is 5.75 Å². The number of nitrogens with zero attached hydrogens (tertiary/aromatic N) is 4. The maximum Gasteiger partial charge on any atom is 0.277 e. The van der Waals surface area contributed by atoms with Crippen molar-refractivity contribution < 1.29 is 13.6 Å². The first-order valence-electron chi connectivity index (χ1n) is 7.92. The highest BCUT2D eigenvalue weighted by Crippen LogP contribution is 2.35. The summed E-state index contributed by atoms with van der Waals surface area (Å²) in [6, 6.07) is 10.9. The number of ether oxygens (including phenoxy) is 1. The molecule has 138 valence electrons. The zero-order chi connectivity index (χ0) is 18.6. The molecule has 0 aliphatic carbocycles. The van der Waals surface area contributed by atoms with Crippen molar-refractivity contribution in [3.05, 3.63) is 58.6 Å². The molecule has 0 aliphatic rings. The molecule has 1 aromatic carbocycles. The van der Waals surface area contributed by atoms with Gasteiger partial charge >= 0.3 is 0 Å². The summed E-state index contributed by atoms with van der Waals surface area (Å²) in [7, 11) is 0. The summed E-state index contributed by atoms with van der Waals surface area (Å²) in [6.07, 6.45) is 0. The summed E-state index contributed by atoms with van der Waals surface area (Å²) in [5, 5.41) is 19.1. The highest BCUT2D eigenvalue weighted by molar-refractivity contribution is 7.99. The molecule has 3 heterocycles. The second-order valence-electron chi connectivity index (χ2n) is 5.39. The Morgan fingerprint density at radius 1 is 1.11 bits per heavy atom. The van der Waals surface area contributed by atoms with Crippen LogP contribution < -0.4 is 4.74 Å². The van der Waals surface area contributed by atoms with Crippen molar-refractivity contribution in [3.8, 4) is 16.5 Å². The van der Waals surface area contributed by atoms with Gasteiger partial charge in [-0.3, -0.25) is 0 Å². The van der Waals surface area contributed by atoms with E-state index in [1.807, 2.05) is 24.4 Å². The lowest BCUT2D eigenvalue weighted by Gasteiger charge is -2.03. The van der Waals surface area contributed by atoms with Gasteiger partial charge in [0.25, 0.3) is 17.0 Å². The maximum absolute atomic E-state index is 5.85. The van der Waals surface area contributed by atoms with Crippen LogP contribution in [0.25, 0.3) is 10.8 Å². The molecule has 0 radical (unpaired) electrons. The van der Waals surface area contributed by atoms with Gasteiger partial charge in [0.1, 0.15) is 5.75 Å². The Bertz CT molecular complexity index is 1000. The fraction of sp³-hybridized carbons (Fsp3) is 0.176. The number of thiophene rings is 1. The summed E-state index contributed by atoms with van der Waals surface area (Å²) in [4.78, 5) is 0.936. The molecule has 4 aromatic rings. The van der Waals surface area contributed by atoms with Gasteiger partial charge in [-0.25, -0.2) is 0 Å². The first kappa shape index (κ1) is 18.0. The van der Waals surface area contributed by atoms with E-state index in [2.05, 4.69) is 20.4 Å². The van der Waals surface area contributed by atoms with Crippen LogP contribution in [0, 0.1) is 0 Å². The molecule has 0 fully saturated rings. The molecule has 4 rings (SSSR count). The Balaban J connectivity index is 1.35. The highest BCUT2D eigenvalue weighted by atomic mass is 35.5. The zero-order valence-electron chi connectivity index (χ0n) is 14.0. The van der Waals surface area contributed by atoms with Crippen molar-refractivity contribution in [2.45, 2.75) is 24.0 Å². The smallest absolute Gasteiger partial charge is 0.277 e. The topological polar surface area (TPSA) is 87.1 Å². The Hall–Kier alpha value is -2.36. The molecule has 10 heteroatoms. The summed E-state index contributed by atoms with van der Waals surface area (Å²) in [6.45, 7) is 2.11. The number of hydrogen-bond acceptors (Lipinski definition) is 9. The molecular weight excluding hydrogens is 408 g/mol. The van der Waals surface area contributed by atoms with E-state index in [-0.39, 0.29) is 11.9 Å². The van der Waals surface area contributed by atoms with Crippen molar-refractivity contribution in [1.29, 1.82) is 0 Å². The molecule has 0 saturated carbocycles. The van der Waals surface area contributed by atoms with Gasteiger partial charge in [-0.15, -0.1) is 31.7 Å². The van der Waals surface area contributed by atoms with Gasteiger partial charge in [0.2, 0.25) is 5.89 Å². The van der Waals surface area contributed by atoms with Gasteiger partial charge in [-0.05, 0) is 42.6 Å². The number of thioether (sulfide) groups is 1. The minimum Gasteiger partial charge on any atom is -0.484 e. The Kier molecular flexibility index (Phi) is 5.42. The number of aromatic nitrogens is 4. The fourth-order valence-electron chi connectivity index (χ4n) is 2.12. The van der Waals surface area contributed by atoms with E-state index < -0.39 is 0 Å². The third-order valence-electron chi connectivity index (χ3n) is 3.42. The van der Waals surface area contributed by atoms with E-state index >= 15 is 0 Å². The SMILES string of the molecule is C[C@H](Sc1nnc(COc2ccc(Cl)cc2)o1)c1nnc(-c2cccs2)o1. The lowest BCUT2D eigenvalue weighted by Crippen LogP contribution is -1.95. The first-order chi connectivity index (χ1) is 13.2. The monoisotopic (exact) mass is 420 g/mol. The molecule has 0 unspecified atom stereocenters. The summed E-state index contributed by atoms with van der Waals surface area (Å²) >= 11 is 8.74. The number of hydrogen-bond donors (Lipinski definition) is 0. The maximum atomic E-state index is 5.85. The van der Waals surface area contributed by atoms with Crippen LogP contribution in [0.1, 0.15) is 24.0 Å². The second kappa shape index (κ2) is 8.12. The first-order valence-corrected chi connectivity index (χ1v) is 10.1. The molecule has 0 N–H and O–H groups in total. The van der Waals surface area contributed by atoms with Crippen LogP contribution in [0.2, 0.25) is 5.02 Å². The molecule has 0 saturated heterocycles. The number of halogens is 1. The van der Waals surface area contributed by atoms with E-state index in [0.717, 1.165) is 4.88 Å². The predicted octanol–water partition coefficient (Wildman–Crippen LogP) is 5.27. The average molecular weight is 421 g/mol. The minimum atomic E-state index is -0.128. The average Bonchev–Trinajstić information content (AvgIpc) is 3.42. The predicted molar refractivity (Wildman–Crippen MR) is 102 cm³/mol. The third kappa shape index (κ3) is 4.49. The molecule has 3 aromatic heterocycles. The quantitative estimate of drug-likeness (QED) is 0.374. The van der Waals surface area contributed by atoms with Gasteiger partial charge in [0.15, 0.2) is 6.61 Å². The summed E-state index contributed by atoms with van der Waals surface area (Å²) < 4.78 is 16.9. The minimum absolute atomic E-state index is 0.128. The van der Waals surface area contributed by atoms with Crippen molar-refractivity contribution in [1.82, 2.24) is 20.4 Å². The van der Waals surface area contributed by atoms with Gasteiger partial charge in [0.05, 0.1) is 10.1 Å². The molecule has 27 heavy (non-hydrogen) atoms. The molecule has 1 atom stereocenters. The molecule has 7 nitrogen and oxygen atoms in total. The number of benzene rings is 1. The van der Waals surface area contributed by atoms with Gasteiger partial charge in [0, 0.05) is 5.02 Å². The number of rotatable bonds is 7. The largest absolute Gasteiger partial charge is 0.484 e.